The van der Waals surface area contributed by atoms with Gasteiger partial charge in [0.25, 0.3) is 11.7 Å². The average molecular weight is 454 g/mol. The van der Waals surface area contributed by atoms with Crippen LogP contribution < -0.4 is 4.90 Å². The molecule has 0 aliphatic carbocycles. The minimum Gasteiger partial charge on any atom is -0.507 e. The number of thiophene rings is 1. The molecule has 0 bridgehead atoms. The first-order valence-corrected chi connectivity index (χ1v) is 11.7. The second kappa shape index (κ2) is 8.01. The molecule has 1 N–H and O–H groups in total. The molecule has 0 saturated carbocycles. The number of fused-ring (bicyclic) bond motifs is 1. The Hall–Kier alpha value is -3.70. The van der Waals surface area contributed by atoms with Crippen molar-refractivity contribution in [1.29, 1.82) is 0 Å². The lowest BCUT2D eigenvalue weighted by Crippen LogP contribution is -2.29. The van der Waals surface area contributed by atoms with E-state index in [0.29, 0.717) is 11.3 Å². The van der Waals surface area contributed by atoms with Crippen LogP contribution in [0.4, 0.5) is 5.69 Å². The summed E-state index contributed by atoms with van der Waals surface area (Å²) in [5.41, 5.74) is 4.41. The van der Waals surface area contributed by atoms with Gasteiger partial charge in [-0.15, -0.1) is 11.3 Å². The summed E-state index contributed by atoms with van der Waals surface area (Å²) in [5.74, 6) is -1.45. The molecule has 1 saturated heterocycles. The van der Waals surface area contributed by atoms with Crippen molar-refractivity contribution in [1.82, 2.24) is 0 Å². The van der Waals surface area contributed by atoms with Crippen LogP contribution in [-0.2, 0) is 9.59 Å². The summed E-state index contributed by atoms with van der Waals surface area (Å²) in [6.07, 6.45) is 0. The number of amides is 1. The van der Waals surface area contributed by atoms with Gasteiger partial charge in [0.2, 0.25) is 0 Å². The highest BCUT2D eigenvalue weighted by Gasteiger charge is 2.48. The Labute approximate surface area is 196 Å². The van der Waals surface area contributed by atoms with E-state index in [4.69, 9.17) is 0 Å². The van der Waals surface area contributed by atoms with Crippen molar-refractivity contribution in [3.63, 3.8) is 0 Å². The Kier molecular flexibility index (Phi) is 5.14. The number of ketones is 1. The molecule has 0 spiro atoms. The molecule has 5 rings (SSSR count). The zero-order chi connectivity index (χ0) is 23.3. The molecule has 1 amide bonds. The van der Waals surface area contributed by atoms with Gasteiger partial charge in [0.15, 0.2) is 0 Å². The smallest absolute Gasteiger partial charge is 0.300 e. The SMILES string of the molecule is Cc1ccc(N2C(=O)C(=O)/C(=C(\O)c3ccc4ccccc4c3)C2c2sccc2C)cc1C. The monoisotopic (exact) mass is 453 g/mol. The Morgan fingerprint density at radius 2 is 1.61 bits per heavy atom. The predicted molar refractivity (Wildman–Crippen MR) is 134 cm³/mol. The van der Waals surface area contributed by atoms with E-state index in [9.17, 15) is 14.7 Å². The highest BCUT2D eigenvalue weighted by atomic mass is 32.1. The number of anilines is 1. The van der Waals surface area contributed by atoms with Crippen molar-refractivity contribution in [2.45, 2.75) is 26.8 Å². The van der Waals surface area contributed by atoms with Gasteiger partial charge in [0, 0.05) is 16.1 Å². The first-order valence-electron chi connectivity index (χ1n) is 10.8. The van der Waals surface area contributed by atoms with Gasteiger partial charge in [0.1, 0.15) is 11.8 Å². The van der Waals surface area contributed by atoms with Gasteiger partial charge in [-0.1, -0.05) is 42.5 Å². The first-order chi connectivity index (χ1) is 15.9. The Balaban J connectivity index is 1.74. The van der Waals surface area contributed by atoms with Crippen LogP contribution in [-0.4, -0.2) is 16.8 Å². The summed E-state index contributed by atoms with van der Waals surface area (Å²) < 4.78 is 0. The maximum absolute atomic E-state index is 13.3. The van der Waals surface area contributed by atoms with Crippen molar-refractivity contribution in [2.24, 2.45) is 0 Å². The lowest BCUT2D eigenvalue weighted by molar-refractivity contribution is -0.132. The molecule has 4 nitrogen and oxygen atoms in total. The molecule has 1 aliphatic rings. The van der Waals surface area contributed by atoms with E-state index < -0.39 is 17.7 Å². The maximum Gasteiger partial charge on any atom is 0.300 e. The number of hydrogen-bond acceptors (Lipinski definition) is 4. The van der Waals surface area contributed by atoms with Gasteiger partial charge in [-0.25, -0.2) is 0 Å². The molecule has 1 unspecified atom stereocenters. The van der Waals surface area contributed by atoms with Gasteiger partial charge in [-0.2, -0.15) is 0 Å². The second-order valence-electron chi connectivity index (χ2n) is 8.47. The molecular formula is C28H23NO3S. The van der Waals surface area contributed by atoms with E-state index in [1.54, 1.807) is 6.07 Å². The second-order valence-corrected chi connectivity index (χ2v) is 9.42. The van der Waals surface area contributed by atoms with Gasteiger partial charge in [0.05, 0.1) is 5.57 Å². The van der Waals surface area contributed by atoms with Gasteiger partial charge in [-0.05, 0) is 77.9 Å². The molecule has 0 radical (unpaired) electrons. The molecule has 1 fully saturated rings. The van der Waals surface area contributed by atoms with Crippen molar-refractivity contribution in [2.75, 3.05) is 4.90 Å². The molecular weight excluding hydrogens is 430 g/mol. The van der Waals surface area contributed by atoms with E-state index >= 15 is 0 Å². The topological polar surface area (TPSA) is 57.6 Å². The van der Waals surface area contributed by atoms with Crippen molar-refractivity contribution >= 4 is 45.2 Å². The quantitative estimate of drug-likeness (QED) is 0.220. The van der Waals surface area contributed by atoms with Crippen LogP contribution in [0.15, 0.2) is 77.7 Å². The standard InChI is InChI=1S/C28H23NO3S/c1-16-8-11-22(14-18(16)3)29-24(27-17(2)12-13-33-27)23(26(31)28(29)32)25(30)21-10-9-19-6-4-5-7-20(19)15-21/h4-15,24,30H,1-3H3/b25-23-. The number of aryl methyl sites for hydroxylation is 3. The van der Waals surface area contributed by atoms with Crippen molar-refractivity contribution < 1.29 is 14.7 Å². The fourth-order valence-corrected chi connectivity index (χ4v) is 5.40. The number of benzene rings is 3. The minimum absolute atomic E-state index is 0.124. The molecule has 5 heteroatoms. The third-order valence-electron chi connectivity index (χ3n) is 6.39. The zero-order valence-corrected chi connectivity index (χ0v) is 19.4. The summed E-state index contributed by atoms with van der Waals surface area (Å²) in [7, 11) is 0. The zero-order valence-electron chi connectivity index (χ0n) is 18.6. The molecule has 164 valence electrons. The van der Waals surface area contributed by atoms with E-state index in [1.165, 1.54) is 16.2 Å². The largest absolute Gasteiger partial charge is 0.507 e. The maximum atomic E-state index is 13.3. The first kappa shape index (κ1) is 21.2. The van der Waals surface area contributed by atoms with Crippen LogP contribution >= 0.6 is 11.3 Å². The third-order valence-corrected chi connectivity index (χ3v) is 7.46. The summed E-state index contributed by atoms with van der Waals surface area (Å²) >= 11 is 1.48. The number of nitrogens with zero attached hydrogens (tertiary/aromatic N) is 1. The summed E-state index contributed by atoms with van der Waals surface area (Å²) in [5, 5.41) is 15.3. The lowest BCUT2D eigenvalue weighted by Gasteiger charge is -2.25. The minimum atomic E-state index is -0.682. The van der Waals surface area contributed by atoms with E-state index in [2.05, 4.69) is 0 Å². The average Bonchev–Trinajstić information content (AvgIpc) is 3.35. The number of aliphatic hydroxyl groups excluding tert-OH is 1. The number of aliphatic hydroxyl groups is 1. The fraction of sp³-hybridized carbons (Fsp3) is 0.143. The highest BCUT2D eigenvalue weighted by Crippen LogP contribution is 2.45. The molecule has 1 aliphatic heterocycles. The molecule has 3 aromatic carbocycles. The van der Waals surface area contributed by atoms with E-state index in [-0.39, 0.29) is 11.3 Å². The summed E-state index contributed by atoms with van der Waals surface area (Å²) in [6.45, 7) is 5.95. The van der Waals surface area contributed by atoms with Crippen molar-refractivity contribution in [3.8, 4) is 0 Å². The van der Waals surface area contributed by atoms with Crippen LogP contribution in [0.5, 0.6) is 0 Å². The highest BCUT2D eigenvalue weighted by molar-refractivity contribution is 7.10. The number of rotatable bonds is 3. The molecule has 4 aromatic rings. The van der Waals surface area contributed by atoms with Gasteiger partial charge < -0.3 is 5.11 Å². The number of carbonyl (C=O) groups excluding carboxylic acids is 2. The van der Waals surface area contributed by atoms with Gasteiger partial charge in [-0.3, -0.25) is 14.5 Å². The Morgan fingerprint density at radius 3 is 2.30 bits per heavy atom. The molecule has 1 atom stereocenters. The van der Waals surface area contributed by atoms with E-state index in [1.807, 2.05) is 86.8 Å². The molecule has 2 heterocycles. The number of carbonyl (C=O) groups is 2. The Morgan fingerprint density at radius 1 is 0.848 bits per heavy atom. The van der Waals surface area contributed by atoms with Crippen LogP contribution in [0.25, 0.3) is 16.5 Å². The normalized spacial score (nSPS) is 17.8. The number of Topliss-reactive ketones (excluding diaryl/α,β-unsaturated/α-hetero) is 1. The molecule has 1 aromatic heterocycles. The van der Waals surface area contributed by atoms with Crippen LogP contribution in [0, 0.1) is 20.8 Å². The van der Waals surface area contributed by atoms with Gasteiger partial charge >= 0.3 is 0 Å². The van der Waals surface area contributed by atoms with E-state index in [0.717, 1.165) is 32.3 Å². The van der Waals surface area contributed by atoms with Crippen LogP contribution in [0.3, 0.4) is 0 Å². The summed E-state index contributed by atoms with van der Waals surface area (Å²) in [4.78, 5) is 29.0. The fourth-order valence-electron chi connectivity index (χ4n) is 4.38. The Bertz CT molecular complexity index is 1460. The molecule has 33 heavy (non-hydrogen) atoms. The van der Waals surface area contributed by atoms with Crippen LogP contribution in [0.1, 0.15) is 33.2 Å². The number of hydrogen-bond donors (Lipinski definition) is 1. The summed E-state index contributed by atoms with van der Waals surface area (Å²) in [6, 6.07) is 20.4. The van der Waals surface area contributed by atoms with Crippen molar-refractivity contribution in [3.05, 3.63) is 105 Å². The van der Waals surface area contributed by atoms with Crippen LogP contribution in [0.2, 0.25) is 0 Å². The lowest BCUT2D eigenvalue weighted by atomic mass is 9.97. The predicted octanol–water partition coefficient (Wildman–Crippen LogP) is 6.45. The third kappa shape index (κ3) is 3.45.